The van der Waals surface area contributed by atoms with Gasteiger partial charge in [-0.25, -0.2) is 0 Å². The second kappa shape index (κ2) is 5.04. The number of hydrogen-bond acceptors (Lipinski definition) is 0. The number of allylic oxidation sites excluding steroid dienone is 2. The Balaban J connectivity index is 1.95. The van der Waals surface area contributed by atoms with E-state index < -0.39 is 0 Å². The van der Waals surface area contributed by atoms with E-state index in [-0.39, 0.29) is 0 Å². The largest absolute Gasteiger partial charge is 0.306 e. The SMILES string of the molecule is CC(C)C[N+]#CC1=CCCC2(CCCC2)C1. The van der Waals surface area contributed by atoms with Gasteiger partial charge in [0.15, 0.2) is 0 Å². The normalized spacial score (nSPS) is 23.1. The summed E-state index contributed by atoms with van der Waals surface area (Å²) in [5.74, 6) is 0.650. The van der Waals surface area contributed by atoms with Gasteiger partial charge in [0.1, 0.15) is 0 Å². The zero-order chi connectivity index (χ0) is 11.4. The Hall–Kier alpha value is -0.770. The van der Waals surface area contributed by atoms with E-state index in [2.05, 4.69) is 30.8 Å². The average Bonchev–Trinajstić information content (AvgIpc) is 2.66. The molecule has 1 saturated carbocycles. The van der Waals surface area contributed by atoms with E-state index in [4.69, 9.17) is 0 Å². The minimum atomic E-state index is 0.643. The number of nitrogens with zero attached hydrogens (tertiary/aromatic N) is 1. The Morgan fingerprint density at radius 1 is 1.31 bits per heavy atom. The fourth-order valence-corrected chi connectivity index (χ4v) is 3.08. The van der Waals surface area contributed by atoms with Gasteiger partial charge in [-0.05, 0) is 37.5 Å². The fraction of sp³-hybridized carbons (Fsp3) is 0.800. The summed E-state index contributed by atoms with van der Waals surface area (Å²) in [5, 5.41) is 0. The van der Waals surface area contributed by atoms with Crippen molar-refractivity contribution in [2.75, 3.05) is 6.54 Å². The quantitative estimate of drug-likeness (QED) is 0.603. The molecule has 0 atom stereocenters. The van der Waals surface area contributed by atoms with Gasteiger partial charge >= 0.3 is 6.07 Å². The molecule has 2 aliphatic rings. The van der Waals surface area contributed by atoms with Gasteiger partial charge in [-0.3, -0.25) is 0 Å². The highest BCUT2D eigenvalue weighted by Gasteiger charge is 2.36. The molecule has 0 aromatic carbocycles. The van der Waals surface area contributed by atoms with Crippen molar-refractivity contribution >= 4 is 0 Å². The Labute approximate surface area is 99.7 Å². The molecule has 1 fully saturated rings. The molecule has 1 heteroatoms. The number of hydrogen-bond donors (Lipinski definition) is 0. The predicted octanol–water partition coefficient (Wildman–Crippen LogP) is 4.65. The van der Waals surface area contributed by atoms with Crippen LogP contribution in [-0.4, -0.2) is 6.54 Å². The molecule has 1 nitrogen and oxygen atoms in total. The van der Waals surface area contributed by atoms with E-state index in [0.29, 0.717) is 11.3 Å². The van der Waals surface area contributed by atoms with E-state index in [1.54, 1.807) is 0 Å². The summed E-state index contributed by atoms with van der Waals surface area (Å²) in [6.07, 6.45) is 12.0. The minimum Gasteiger partial charge on any atom is -0.0781 e. The monoisotopic (exact) mass is 218 g/mol. The van der Waals surface area contributed by atoms with Crippen molar-refractivity contribution < 1.29 is 0 Å². The number of rotatable bonds is 1. The highest BCUT2D eigenvalue weighted by atomic mass is 14.6. The van der Waals surface area contributed by atoms with Crippen LogP contribution in [0.3, 0.4) is 0 Å². The molecule has 0 N–H and O–H groups in total. The molecule has 0 heterocycles. The van der Waals surface area contributed by atoms with Crippen LogP contribution in [0.15, 0.2) is 11.6 Å². The molecule has 0 aromatic heterocycles. The summed E-state index contributed by atoms with van der Waals surface area (Å²) in [7, 11) is 0. The first-order chi connectivity index (χ1) is 7.70. The third-order valence-electron chi connectivity index (χ3n) is 3.97. The Kier molecular flexibility index (Phi) is 3.69. The van der Waals surface area contributed by atoms with Gasteiger partial charge in [-0.1, -0.05) is 37.6 Å². The summed E-state index contributed by atoms with van der Waals surface area (Å²) in [4.78, 5) is 4.43. The Morgan fingerprint density at radius 3 is 2.75 bits per heavy atom. The molecular formula is C15H24N+. The Bertz CT molecular complexity index is 321. The van der Waals surface area contributed by atoms with Crippen molar-refractivity contribution in [2.45, 2.75) is 58.8 Å². The van der Waals surface area contributed by atoms with Gasteiger partial charge in [0.05, 0.1) is 5.57 Å². The van der Waals surface area contributed by atoms with Crippen LogP contribution in [0.25, 0.3) is 4.85 Å². The van der Waals surface area contributed by atoms with E-state index in [9.17, 15) is 0 Å². The van der Waals surface area contributed by atoms with E-state index in [1.165, 1.54) is 50.5 Å². The Morgan fingerprint density at radius 2 is 2.06 bits per heavy atom. The lowest BCUT2D eigenvalue weighted by atomic mass is 9.73. The van der Waals surface area contributed by atoms with Crippen LogP contribution in [0, 0.1) is 17.4 Å². The lowest BCUT2D eigenvalue weighted by Gasteiger charge is -2.30. The van der Waals surface area contributed by atoms with Gasteiger partial charge < -0.3 is 0 Å². The minimum absolute atomic E-state index is 0.643. The molecule has 0 bridgehead atoms. The highest BCUT2D eigenvalue weighted by Crippen LogP contribution is 2.48. The van der Waals surface area contributed by atoms with Crippen LogP contribution in [0.2, 0.25) is 0 Å². The van der Waals surface area contributed by atoms with Crippen molar-refractivity contribution in [3.63, 3.8) is 0 Å². The van der Waals surface area contributed by atoms with E-state index in [0.717, 1.165) is 6.54 Å². The van der Waals surface area contributed by atoms with E-state index in [1.807, 2.05) is 0 Å². The summed E-state index contributed by atoms with van der Waals surface area (Å²) in [6.45, 7) is 5.34. The molecular weight excluding hydrogens is 194 g/mol. The van der Waals surface area contributed by atoms with E-state index >= 15 is 0 Å². The van der Waals surface area contributed by atoms with Crippen molar-refractivity contribution in [1.82, 2.24) is 0 Å². The van der Waals surface area contributed by atoms with Gasteiger partial charge in [-0.15, -0.1) is 0 Å². The molecule has 1 spiro atoms. The summed E-state index contributed by atoms with van der Waals surface area (Å²) in [5.41, 5.74) is 2.03. The molecule has 88 valence electrons. The molecule has 2 rings (SSSR count). The first-order valence-electron chi connectivity index (χ1n) is 6.82. The summed E-state index contributed by atoms with van der Waals surface area (Å²) in [6, 6.07) is 3.29. The maximum atomic E-state index is 4.43. The molecule has 0 amide bonds. The lowest BCUT2D eigenvalue weighted by Crippen LogP contribution is -2.19. The van der Waals surface area contributed by atoms with Crippen LogP contribution in [0.4, 0.5) is 0 Å². The predicted molar refractivity (Wildman–Crippen MR) is 69.8 cm³/mol. The maximum absolute atomic E-state index is 4.43. The van der Waals surface area contributed by atoms with Crippen molar-refractivity contribution in [3.8, 4) is 6.07 Å². The zero-order valence-electron chi connectivity index (χ0n) is 10.8. The third kappa shape index (κ3) is 2.88. The van der Waals surface area contributed by atoms with Crippen LogP contribution in [-0.2, 0) is 0 Å². The van der Waals surface area contributed by atoms with Crippen LogP contribution in [0.5, 0.6) is 0 Å². The zero-order valence-corrected chi connectivity index (χ0v) is 10.8. The summed E-state index contributed by atoms with van der Waals surface area (Å²) >= 11 is 0. The lowest BCUT2D eigenvalue weighted by molar-refractivity contribution is 0.262. The topological polar surface area (TPSA) is 4.36 Å². The molecule has 16 heavy (non-hydrogen) atoms. The van der Waals surface area contributed by atoms with Gasteiger partial charge in [0.25, 0.3) is 6.54 Å². The first kappa shape index (κ1) is 11.7. The standard InChI is InChI=1S/C15H24N/c1-13(2)11-16-12-14-6-5-9-15(10-14)7-3-4-8-15/h6,13H,3-5,7-11H2,1-2H3/q+1. The van der Waals surface area contributed by atoms with Crippen LogP contribution >= 0.6 is 0 Å². The van der Waals surface area contributed by atoms with Gasteiger partial charge in [0.2, 0.25) is 0 Å². The fourth-order valence-electron chi connectivity index (χ4n) is 3.08. The van der Waals surface area contributed by atoms with Crippen molar-refractivity contribution in [1.29, 1.82) is 0 Å². The second-order valence-corrected chi connectivity index (χ2v) is 6.00. The van der Waals surface area contributed by atoms with Crippen LogP contribution < -0.4 is 0 Å². The molecule has 0 unspecified atom stereocenters. The van der Waals surface area contributed by atoms with Gasteiger partial charge in [-0.2, -0.15) is 0 Å². The maximum Gasteiger partial charge on any atom is 0.306 e. The van der Waals surface area contributed by atoms with Crippen molar-refractivity contribution in [2.24, 2.45) is 11.3 Å². The third-order valence-corrected chi connectivity index (χ3v) is 3.97. The highest BCUT2D eigenvalue weighted by molar-refractivity contribution is 5.28. The van der Waals surface area contributed by atoms with Gasteiger partial charge in [0, 0.05) is 5.92 Å². The molecule has 0 saturated heterocycles. The van der Waals surface area contributed by atoms with Crippen LogP contribution in [0.1, 0.15) is 58.8 Å². The summed E-state index contributed by atoms with van der Waals surface area (Å²) < 4.78 is 0. The molecule has 2 aliphatic carbocycles. The first-order valence-corrected chi connectivity index (χ1v) is 6.82. The average molecular weight is 218 g/mol. The van der Waals surface area contributed by atoms with Crippen molar-refractivity contribution in [3.05, 3.63) is 16.5 Å². The molecule has 0 aromatic rings. The second-order valence-electron chi connectivity index (χ2n) is 6.00. The molecule has 0 radical (unpaired) electrons. The smallest absolute Gasteiger partial charge is 0.0781 e. The molecule has 0 aliphatic heterocycles.